The molecule has 0 aromatic heterocycles. The van der Waals surface area contributed by atoms with Crippen molar-refractivity contribution in [1.29, 1.82) is 0 Å². The van der Waals surface area contributed by atoms with Crippen LogP contribution in [0.4, 0.5) is 0 Å². The van der Waals surface area contributed by atoms with Gasteiger partial charge in [-0.05, 0) is 0 Å². The molecule has 0 aliphatic rings. The predicted molar refractivity (Wildman–Crippen MR) is 151 cm³/mol. The summed E-state index contributed by atoms with van der Waals surface area (Å²) in [6, 6.07) is 0. The molecule has 0 radical (unpaired) electrons. The molecule has 0 aliphatic carbocycles. The SMILES string of the molecule is CC(C)(C)CC(C)(C)CC(=O)[O][Bi]([O]C(=O)CC(C)(C)CC(C)(C)C)[O]C(=O)CC(C)(C)CC(C)(C)C. The van der Waals surface area contributed by atoms with Gasteiger partial charge in [0.15, 0.2) is 0 Å². The molecule has 0 fully saturated rings. The topological polar surface area (TPSA) is 78.9 Å². The maximum absolute atomic E-state index is 12.9. The van der Waals surface area contributed by atoms with Crippen molar-refractivity contribution in [3.05, 3.63) is 0 Å². The Morgan fingerprint density at radius 2 is 0.622 bits per heavy atom. The van der Waals surface area contributed by atoms with Gasteiger partial charge in [-0.2, -0.15) is 0 Å². The fraction of sp³-hybridized carbons (Fsp3) is 0.900. The molecule has 0 aromatic carbocycles. The van der Waals surface area contributed by atoms with E-state index in [0.29, 0.717) is 0 Å². The molecule has 6 nitrogen and oxygen atoms in total. The Kier molecular flexibility index (Phi) is 12.8. The Balaban J connectivity index is 5.56. The molecule has 0 heterocycles. The molecule has 0 aromatic rings. The third kappa shape index (κ3) is 19.9. The van der Waals surface area contributed by atoms with Crippen LogP contribution < -0.4 is 0 Å². The normalized spacial score (nSPS) is 13.9. The maximum atomic E-state index is 12.9. The summed E-state index contributed by atoms with van der Waals surface area (Å²) in [5, 5.41) is 0. The van der Waals surface area contributed by atoms with E-state index in [4.69, 9.17) is 8.44 Å². The van der Waals surface area contributed by atoms with Crippen molar-refractivity contribution in [2.45, 2.75) is 142 Å². The molecule has 37 heavy (non-hydrogen) atoms. The van der Waals surface area contributed by atoms with E-state index in [2.05, 4.69) is 62.3 Å². The summed E-state index contributed by atoms with van der Waals surface area (Å²) in [4.78, 5) is 38.7. The molecule has 0 aliphatic heterocycles. The summed E-state index contributed by atoms with van der Waals surface area (Å²) in [7, 11) is 0. The van der Waals surface area contributed by atoms with Crippen LogP contribution in [0, 0.1) is 32.5 Å². The summed E-state index contributed by atoms with van der Waals surface area (Å²) in [6.45, 7) is 31.3. The number of carbonyl (C=O) groups is 3. The Bertz CT molecular complexity index is 671. The van der Waals surface area contributed by atoms with Gasteiger partial charge in [-0.15, -0.1) is 0 Å². The molecule has 0 atom stereocenters. The monoisotopic (exact) mass is 722 g/mol. The van der Waals surface area contributed by atoms with Crippen molar-refractivity contribution in [2.75, 3.05) is 0 Å². The summed E-state index contributed by atoms with van der Waals surface area (Å²) in [6.07, 6.45) is 2.94. The van der Waals surface area contributed by atoms with E-state index in [1.54, 1.807) is 0 Å². The van der Waals surface area contributed by atoms with Gasteiger partial charge in [0.1, 0.15) is 0 Å². The molecule has 0 unspecified atom stereocenters. The second-order valence-corrected chi connectivity index (χ2v) is 20.7. The third-order valence-electron chi connectivity index (χ3n) is 5.42. The van der Waals surface area contributed by atoms with Gasteiger partial charge in [0.2, 0.25) is 0 Å². The predicted octanol–water partition coefficient (Wildman–Crippen LogP) is 8.16. The van der Waals surface area contributed by atoms with E-state index in [9.17, 15) is 14.4 Å². The van der Waals surface area contributed by atoms with Crippen LogP contribution in [-0.2, 0) is 22.8 Å². The molecular formula is C30H57BiO6. The van der Waals surface area contributed by atoms with Crippen molar-refractivity contribution in [2.24, 2.45) is 32.5 Å². The quantitative estimate of drug-likeness (QED) is 0.189. The molecular weight excluding hydrogens is 665 g/mol. The van der Waals surface area contributed by atoms with Crippen molar-refractivity contribution >= 4 is 41.0 Å². The molecule has 0 N–H and O–H groups in total. The van der Waals surface area contributed by atoms with E-state index in [1.807, 2.05) is 41.5 Å². The van der Waals surface area contributed by atoms with Crippen LogP contribution in [0.2, 0.25) is 0 Å². The Labute approximate surface area is 237 Å². The summed E-state index contributed by atoms with van der Waals surface area (Å²) in [5.41, 5.74) is -0.779. The molecule has 0 spiro atoms. The van der Waals surface area contributed by atoms with Crippen molar-refractivity contribution in [1.82, 2.24) is 0 Å². The van der Waals surface area contributed by atoms with Crippen molar-refractivity contribution in [3.63, 3.8) is 0 Å². The van der Waals surface area contributed by atoms with Crippen LogP contribution in [-0.4, -0.2) is 41.0 Å². The van der Waals surface area contributed by atoms with Gasteiger partial charge in [0.25, 0.3) is 0 Å². The zero-order valence-corrected chi connectivity index (χ0v) is 30.1. The second kappa shape index (κ2) is 13.1. The molecule has 7 heteroatoms. The summed E-state index contributed by atoms with van der Waals surface area (Å²) in [5.74, 6) is -1.43. The van der Waals surface area contributed by atoms with E-state index < -0.39 is 41.0 Å². The number of rotatable bonds is 12. The minimum atomic E-state index is -4.17. The van der Waals surface area contributed by atoms with Crippen LogP contribution in [0.5, 0.6) is 0 Å². The van der Waals surface area contributed by atoms with Gasteiger partial charge in [0.05, 0.1) is 0 Å². The zero-order chi connectivity index (χ0) is 29.7. The Morgan fingerprint density at radius 1 is 0.432 bits per heavy atom. The third-order valence-corrected chi connectivity index (χ3v) is 9.54. The van der Waals surface area contributed by atoms with Gasteiger partial charge < -0.3 is 0 Å². The average molecular weight is 723 g/mol. The van der Waals surface area contributed by atoms with Crippen molar-refractivity contribution < 1.29 is 22.8 Å². The molecule has 0 bridgehead atoms. The molecule has 0 amide bonds. The first kappa shape index (κ1) is 36.3. The van der Waals surface area contributed by atoms with Gasteiger partial charge in [-0.25, -0.2) is 0 Å². The van der Waals surface area contributed by atoms with E-state index >= 15 is 0 Å². The number of hydrogen-bond donors (Lipinski definition) is 0. The molecule has 0 saturated carbocycles. The Morgan fingerprint density at radius 3 is 0.784 bits per heavy atom. The first-order valence-corrected chi connectivity index (χ1v) is 17.8. The van der Waals surface area contributed by atoms with E-state index in [1.165, 1.54) is 0 Å². The minimum absolute atomic E-state index is 0.0438. The van der Waals surface area contributed by atoms with E-state index in [0.717, 1.165) is 19.3 Å². The second-order valence-electron chi connectivity index (χ2n) is 16.8. The number of carbonyl (C=O) groups excluding carboxylic acids is 3. The van der Waals surface area contributed by atoms with Crippen LogP contribution in [0.3, 0.4) is 0 Å². The standard InChI is InChI=1S/3C10H20O2.Bi/c3*1-9(2,3)7-10(4,5)6-8(11)12;/h3*6-7H2,1-5H3,(H,11,12);/q;;;+3/p-3. The van der Waals surface area contributed by atoms with Crippen LogP contribution in [0.15, 0.2) is 0 Å². The molecule has 0 rings (SSSR count). The Hall–Kier alpha value is -0.707. The van der Waals surface area contributed by atoms with Gasteiger partial charge >= 0.3 is 239 Å². The summed E-state index contributed by atoms with van der Waals surface area (Å²) < 4.78 is 17.0. The summed E-state index contributed by atoms with van der Waals surface area (Å²) >= 11 is -4.17. The van der Waals surface area contributed by atoms with E-state index in [-0.39, 0.29) is 51.8 Å². The zero-order valence-electron chi connectivity index (χ0n) is 26.6. The average Bonchev–Trinajstić information content (AvgIpc) is 2.43. The number of hydrogen-bond acceptors (Lipinski definition) is 6. The van der Waals surface area contributed by atoms with Gasteiger partial charge in [-0.1, -0.05) is 0 Å². The fourth-order valence-corrected chi connectivity index (χ4v) is 9.20. The van der Waals surface area contributed by atoms with Crippen LogP contribution in [0.25, 0.3) is 0 Å². The first-order valence-electron chi connectivity index (χ1n) is 13.5. The molecule has 218 valence electrons. The molecule has 0 saturated heterocycles. The van der Waals surface area contributed by atoms with Gasteiger partial charge in [0, 0.05) is 0 Å². The fourth-order valence-electron chi connectivity index (χ4n) is 6.07. The van der Waals surface area contributed by atoms with Crippen LogP contribution >= 0.6 is 0 Å². The van der Waals surface area contributed by atoms with Gasteiger partial charge in [-0.3, -0.25) is 0 Å². The van der Waals surface area contributed by atoms with Crippen LogP contribution in [0.1, 0.15) is 142 Å². The first-order chi connectivity index (χ1) is 16.1. The van der Waals surface area contributed by atoms with Crippen molar-refractivity contribution in [3.8, 4) is 0 Å².